The van der Waals surface area contributed by atoms with Gasteiger partial charge in [-0.25, -0.2) is 4.98 Å². The van der Waals surface area contributed by atoms with Crippen molar-refractivity contribution in [1.29, 1.82) is 0 Å². The number of hydrogen-bond acceptors (Lipinski definition) is 3. The summed E-state index contributed by atoms with van der Waals surface area (Å²) in [7, 11) is 0. The third-order valence-corrected chi connectivity index (χ3v) is 3.35. The van der Waals surface area contributed by atoms with Gasteiger partial charge in [0.25, 0.3) is 0 Å². The van der Waals surface area contributed by atoms with Crippen LogP contribution < -0.4 is 4.74 Å². The van der Waals surface area contributed by atoms with Gasteiger partial charge in [0, 0.05) is 12.0 Å². The first-order valence-corrected chi connectivity index (χ1v) is 6.93. The Morgan fingerprint density at radius 2 is 2.11 bits per heavy atom. The molecule has 1 heterocycles. The lowest BCUT2D eigenvalue weighted by Gasteiger charge is -2.07. The van der Waals surface area contributed by atoms with Crippen molar-refractivity contribution in [1.82, 2.24) is 9.97 Å². The molecule has 1 aromatic carbocycles. The molecule has 0 radical (unpaired) electrons. The molecule has 0 unspecified atom stereocenters. The molecule has 0 N–H and O–H groups in total. The van der Waals surface area contributed by atoms with E-state index in [9.17, 15) is 0 Å². The molecule has 4 heteroatoms. The first-order chi connectivity index (χ1) is 9.24. The van der Waals surface area contributed by atoms with Gasteiger partial charge in [-0.1, -0.05) is 30.7 Å². The second-order valence-corrected chi connectivity index (χ2v) is 5.15. The predicted octanol–water partition coefficient (Wildman–Crippen LogP) is 4.36. The molecular weight excluding hydrogens is 260 g/mol. The molecule has 98 valence electrons. The standard InChI is InChI=1S/C15H15ClN2O/c1-2-10-4-3-5-12(8-10)19-14-9-13(16)17-15(18-14)11-6-7-11/h3-5,8-9,11H,2,6-7H2,1H3. The van der Waals surface area contributed by atoms with Crippen LogP contribution >= 0.6 is 11.6 Å². The molecule has 0 spiro atoms. The molecule has 0 aliphatic heterocycles. The average molecular weight is 275 g/mol. The van der Waals surface area contributed by atoms with Crippen LogP contribution in [0.25, 0.3) is 0 Å². The fraction of sp³-hybridized carbons (Fsp3) is 0.333. The highest BCUT2D eigenvalue weighted by Crippen LogP contribution is 2.39. The van der Waals surface area contributed by atoms with Crippen LogP contribution in [0.15, 0.2) is 30.3 Å². The lowest BCUT2D eigenvalue weighted by molar-refractivity contribution is 0.458. The number of nitrogens with zero attached hydrogens (tertiary/aromatic N) is 2. The molecule has 1 saturated carbocycles. The maximum Gasteiger partial charge on any atom is 0.224 e. The number of aryl methyl sites for hydroxylation is 1. The zero-order valence-corrected chi connectivity index (χ0v) is 11.5. The molecule has 0 bridgehead atoms. The summed E-state index contributed by atoms with van der Waals surface area (Å²) >= 11 is 6.02. The highest BCUT2D eigenvalue weighted by atomic mass is 35.5. The van der Waals surface area contributed by atoms with Crippen LogP contribution in [0.1, 0.15) is 37.1 Å². The Kier molecular flexibility index (Phi) is 3.38. The Morgan fingerprint density at radius 1 is 1.26 bits per heavy atom. The van der Waals surface area contributed by atoms with Gasteiger partial charge in [0.1, 0.15) is 16.7 Å². The van der Waals surface area contributed by atoms with Gasteiger partial charge in [-0.05, 0) is 37.0 Å². The van der Waals surface area contributed by atoms with E-state index in [2.05, 4.69) is 23.0 Å². The molecule has 3 nitrogen and oxygen atoms in total. The third kappa shape index (κ3) is 3.04. The third-order valence-electron chi connectivity index (χ3n) is 3.16. The molecule has 1 aliphatic carbocycles. The zero-order chi connectivity index (χ0) is 13.2. The first-order valence-electron chi connectivity index (χ1n) is 6.56. The van der Waals surface area contributed by atoms with Gasteiger partial charge in [0.2, 0.25) is 5.88 Å². The summed E-state index contributed by atoms with van der Waals surface area (Å²) in [6, 6.07) is 9.67. The van der Waals surface area contributed by atoms with Gasteiger partial charge in [-0.3, -0.25) is 0 Å². The number of hydrogen-bond donors (Lipinski definition) is 0. The van der Waals surface area contributed by atoms with E-state index >= 15 is 0 Å². The summed E-state index contributed by atoms with van der Waals surface area (Å²) in [6.07, 6.45) is 3.27. The summed E-state index contributed by atoms with van der Waals surface area (Å²) in [5, 5.41) is 0.443. The van der Waals surface area contributed by atoms with Crippen LogP contribution in [0.4, 0.5) is 0 Å². The number of halogens is 1. The summed E-state index contributed by atoms with van der Waals surface area (Å²) in [6.45, 7) is 2.12. The summed E-state index contributed by atoms with van der Waals surface area (Å²) in [5.41, 5.74) is 1.24. The van der Waals surface area contributed by atoms with Crippen LogP contribution in [0.2, 0.25) is 5.15 Å². The second-order valence-electron chi connectivity index (χ2n) is 4.76. The van der Waals surface area contributed by atoms with E-state index in [4.69, 9.17) is 16.3 Å². The highest BCUT2D eigenvalue weighted by molar-refractivity contribution is 6.29. The summed E-state index contributed by atoms with van der Waals surface area (Å²) < 4.78 is 5.78. The van der Waals surface area contributed by atoms with Crippen molar-refractivity contribution in [3.05, 3.63) is 46.9 Å². The summed E-state index contributed by atoms with van der Waals surface area (Å²) in [5.74, 6) is 2.57. The minimum Gasteiger partial charge on any atom is -0.439 e. The van der Waals surface area contributed by atoms with Crippen LogP contribution in [0.5, 0.6) is 11.6 Å². The van der Waals surface area contributed by atoms with E-state index in [-0.39, 0.29) is 0 Å². The number of rotatable bonds is 4. The number of benzene rings is 1. The van der Waals surface area contributed by atoms with Gasteiger partial charge in [0.15, 0.2) is 0 Å². The average Bonchev–Trinajstić information content (AvgIpc) is 3.22. The lowest BCUT2D eigenvalue weighted by atomic mass is 10.2. The number of ether oxygens (including phenoxy) is 1. The molecule has 19 heavy (non-hydrogen) atoms. The number of aromatic nitrogens is 2. The van der Waals surface area contributed by atoms with Crippen molar-refractivity contribution in [2.24, 2.45) is 0 Å². The topological polar surface area (TPSA) is 35.0 Å². The van der Waals surface area contributed by atoms with Crippen molar-refractivity contribution in [3.8, 4) is 11.6 Å². The van der Waals surface area contributed by atoms with E-state index in [1.165, 1.54) is 5.56 Å². The van der Waals surface area contributed by atoms with E-state index in [1.807, 2.05) is 18.2 Å². The minimum atomic E-state index is 0.443. The Morgan fingerprint density at radius 3 is 2.84 bits per heavy atom. The van der Waals surface area contributed by atoms with Gasteiger partial charge in [0.05, 0.1) is 0 Å². The maximum atomic E-state index is 6.02. The highest BCUT2D eigenvalue weighted by Gasteiger charge is 2.27. The Hall–Kier alpha value is -1.61. The fourth-order valence-electron chi connectivity index (χ4n) is 1.94. The van der Waals surface area contributed by atoms with Crippen LogP contribution in [-0.4, -0.2) is 9.97 Å². The van der Waals surface area contributed by atoms with Gasteiger partial charge in [-0.15, -0.1) is 0 Å². The molecule has 3 rings (SSSR count). The zero-order valence-electron chi connectivity index (χ0n) is 10.8. The minimum absolute atomic E-state index is 0.443. The quantitative estimate of drug-likeness (QED) is 0.777. The van der Waals surface area contributed by atoms with Crippen LogP contribution in [0.3, 0.4) is 0 Å². The second kappa shape index (κ2) is 5.17. The lowest BCUT2D eigenvalue weighted by Crippen LogP contribution is -1.96. The van der Waals surface area contributed by atoms with Crippen molar-refractivity contribution in [2.45, 2.75) is 32.1 Å². The van der Waals surface area contributed by atoms with Crippen molar-refractivity contribution < 1.29 is 4.74 Å². The van der Waals surface area contributed by atoms with Gasteiger partial charge in [-0.2, -0.15) is 4.98 Å². The van der Waals surface area contributed by atoms with E-state index in [1.54, 1.807) is 6.07 Å². The van der Waals surface area contributed by atoms with Crippen LogP contribution in [0, 0.1) is 0 Å². The van der Waals surface area contributed by atoms with Gasteiger partial charge >= 0.3 is 0 Å². The molecule has 1 fully saturated rings. The molecule has 0 atom stereocenters. The van der Waals surface area contributed by atoms with Crippen molar-refractivity contribution >= 4 is 11.6 Å². The predicted molar refractivity (Wildman–Crippen MR) is 74.9 cm³/mol. The molecule has 1 aliphatic rings. The maximum absolute atomic E-state index is 6.02. The molecular formula is C15H15ClN2O. The normalized spacial score (nSPS) is 14.4. The van der Waals surface area contributed by atoms with E-state index < -0.39 is 0 Å². The van der Waals surface area contributed by atoms with E-state index in [0.717, 1.165) is 30.8 Å². The van der Waals surface area contributed by atoms with Crippen molar-refractivity contribution in [3.63, 3.8) is 0 Å². The monoisotopic (exact) mass is 274 g/mol. The fourth-order valence-corrected chi connectivity index (χ4v) is 2.12. The van der Waals surface area contributed by atoms with Gasteiger partial charge < -0.3 is 4.74 Å². The molecule has 2 aromatic rings. The summed E-state index contributed by atoms with van der Waals surface area (Å²) in [4.78, 5) is 8.67. The Balaban J connectivity index is 1.85. The van der Waals surface area contributed by atoms with E-state index in [0.29, 0.717) is 17.0 Å². The smallest absolute Gasteiger partial charge is 0.224 e. The molecule has 0 saturated heterocycles. The Bertz CT molecular complexity index is 596. The SMILES string of the molecule is CCc1cccc(Oc2cc(Cl)nc(C3CC3)n2)c1. The van der Waals surface area contributed by atoms with Crippen molar-refractivity contribution in [2.75, 3.05) is 0 Å². The molecule has 1 aromatic heterocycles. The first kappa shape index (κ1) is 12.4. The Labute approximate surface area is 117 Å². The molecule has 0 amide bonds. The largest absolute Gasteiger partial charge is 0.439 e. The van der Waals surface area contributed by atoms with Crippen LogP contribution in [-0.2, 0) is 6.42 Å².